The molecule has 1 atom stereocenters. The fourth-order valence-electron chi connectivity index (χ4n) is 1.80. The summed E-state index contributed by atoms with van der Waals surface area (Å²) in [6, 6.07) is 8.38. The molecule has 2 rings (SSSR count). The average Bonchev–Trinajstić information content (AvgIpc) is 2.85. The van der Waals surface area contributed by atoms with E-state index in [0.717, 1.165) is 17.4 Å². The van der Waals surface area contributed by atoms with Crippen molar-refractivity contribution in [2.24, 2.45) is 0 Å². The quantitative estimate of drug-likeness (QED) is 0.847. The Kier molecular flexibility index (Phi) is 4.43. The SMILES string of the molecule is CN(C)CCC(c1ccc(Br)cc1)n1ncnn1. The smallest absolute Gasteiger partial charge is 0.162 e. The van der Waals surface area contributed by atoms with Crippen molar-refractivity contribution < 1.29 is 0 Å². The molecule has 1 heterocycles. The minimum Gasteiger partial charge on any atom is -0.309 e. The van der Waals surface area contributed by atoms with E-state index in [9.17, 15) is 0 Å². The first-order valence-corrected chi connectivity index (χ1v) is 6.59. The predicted octanol–water partition coefficient (Wildman–Crippen LogP) is 1.98. The van der Waals surface area contributed by atoms with E-state index in [2.05, 4.69) is 62.5 Å². The highest BCUT2D eigenvalue weighted by Gasteiger charge is 2.15. The third-order valence-corrected chi connectivity index (χ3v) is 3.28. The second kappa shape index (κ2) is 6.06. The number of rotatable bonds is 5. The number of hydrogen-bond acceptors (Lipinski definition) is 4. The minimum atomic E-state index is 0.128. The zero-order valence-corrected chi connectivity index (χ0v) is 12.1. The second-order valence-corrected chi connectivity index (χ2v) is 5.33. The van der Waals surface area contributed by atoms with Crippen LogP contribution in [-0.2, 0) is 0 Å². The van der Waals surface area contributed by atoms with E-state index in [-0.39, 0.29) is 6.04 Å². The Balaban J connectivity index is 2.21. The highest BCUT2D eigenvalue weighted by Crippen LogP contribution is 2.22. The van der Waals surface area contributed by atoms with E-state index in [1.165, 1.54) is 11.9 Å². The summed E-state index contributed by atoms with van der Waals surface area (Å²) in [6.07, 6.45) is 2.42. The lowest BCUT2D eigenvalue weighted by Gasteiger charge is -2.18. The van der Waals surface area contributed by atoms with Crippen molar-refractivity contribution in [1.82, 2.24) is 25.1 Å². The summed E-state index contributed by atoms with van der Waals surface area (Å²) in [5.41, 5.74) is 1.19. The molecule has 0 aliphatic rings. The van der Waals surface area contributed by atoms with Gasteiger partial charge in [0, 0.05) is 4.47 Å². The average molecular weight is 310 g/mol. The summed E-state index contributed by atoms with van der Waals surface area (Å²) < 4.78 is 1.07. The molecule has 6 heteroatoms. The van der Waals surface area contributed by atoms with E-state index >= 15 is 0 Å². The van der Waals surface area contributed by atoms with Crippen molar-refractivity contribution in [2.45, 2.75) is 12.5 Å². The lowest BCUT2D eigenvalue weighted by molar-refractivity contribution is 0.339. The molecule has 0 N–H and O–H groups in total. The van der Waals surface area contributed by atoms with Crippen molar-refractivity contribution in [3.05, 3.63) is 40.6 Å². The summed E-state index contributed by atoms with van der Waals surface area (Å²) in [6.45, 7) is 0.974. The number of aromatic nitrogens is 4. The fourth-order valence-corrected chi connectivity index (χ4v) is 2.06. The highest BCUT2D eigenvalue weighted by atomic mass is 79.9. The van der Waals surface area contributed by atoms with E-state index in [4.69, 9.17) is 0 Å². The first-order chi connectivity index (χ1) is 8.66. The number of halogens is 1. The fraction of sp³-hybridized carbons (Fsp3) is 0.417. The Morgan fingerprint density at radius 2 is 2.00 bits per heavy atom. The summed E-state index contributed by atoms with van der Waals surface area (Å²) in [4.78, 5) is 3.83. The summed E-state index contributed by atoms with van der Waals surface area (Å²) in [5, 5.41) is 12.0. The molecule has 0 spiro atoms. The summed E-state index contributed by atoms with van der Waals surface area (Å²) in [5.74, 6) is 0. The zero-order chi connectivity index (χ0) is 13.0. The summed E-state index contributed by atoms with van der Waals surface area (Å²) >= 11 is 3.45. The van der Waals surface area contributed by atoms with E-state index < -0.39 is 0 Å². The molecule has 0 bridgehead atoms. The number of nitrogens with zero attached hydrogens (tertiary/aromatic N) is 5. The Hall–Kier alpha value is -1.27. The summed E-state index contributed by atoms with van der Waals surface area (Å²) in [7, 11) is 4.13. The van der Waals surface area contributed by atoms with Gasteiger partial charge in [-0.05, 0) is 50.0 Å². The van der Waals surface area contributed by atoms with Gasteiger partial charge in [0.15, 0.2) is 6.33 Å². The molecule has 0 aliphatic heterocycles. The molecule has 0 saturated carbocycles. The molecule has 1 aromatic heterocycles. The monoisotopic (exact) mass is 309 g/mol. The van der Waals surface area contributed by atoms with Gasteiger partial charge < -0.3 is 4.90 Å². The van der Waals surface area contributed by atoms with Gasteiger partial charge in [0.2, 0.25) is 0 Å². The van der Waals surface area contributed by atoms with Crippen LogP contribution in [0.15, 0.2) is 35.1 Å². The van der Waals surface area contributed by atoms with Crippen LogP contribution in [0.25, 0.3) is 0 Å². The van der Waals surface area contributed by atoms with Crippen LogP contribution < -0.4 is 0 Å². The molecule has 0 fully saturated rings. The molecule has 0 saturated heterocycles. The van der Waals surface area contributed by atoms with Crippen molar-refractivity contribution in [2.75, 3.05) is 20.6 Å². The van der Waals surface area contributed by atoms with Crippen LogP contribution >= 0.6 is 15.9 Å². The van der Waals surface area contributed by atoms with Gasteiger partial charge in [0.05, 0.1) is 6.04 Å². The molecule has 0 amide bonds. The first-order valence-electron chi connectivity index (χ1n) is 5.79. The van der Waals surface area contributed by atoms with Crippen LogP contribution in [-0.4, -0.2) is 45.7 Å². The normalized spacial score (nSPS) is 12.9. The number of tetrazole rings is 1. The van der Waals surface area contributed by atoms with Crippen LogP contribution in [0.4, 0.5) is 0 Å². The third kappa shape index (κ3) is 3.36. The molecular weight excluding hydrogens is 294 g/mol. The zero-order valence-electron chi connectivity index (χ0n) is 10.5. The predicted molar refractivity (Wildman–Crippen MR) is 73.3 cm³/mol. The Bertz CT molecular complexity index is 466. The molecule has 0 aliphatic carbocycles. The van der Waals surface area contributed by atoms with Crippen LogP contribution in [0.2, 0.25) is 0 Å². The van der Waals surface area contributed by atoms with Crippen molar-refractivity contribution >= 4 is 15.9 Å². The molecule has 2 aromatic rings. The first kappa shape index (κ1) is 13.2. The van der Waals surface area contributed by atoms with Gasteiger partial charge in [0.25, 0.3) is 0 Å². The van der Waals surface area contributed by atoms with Gasteiger partial charge in [0.1, 0.15) is 0 Å². The maximum atomic E-state index is 4.16. The third-order valence-electron chi connectivity index (χ3n) is 2.75. The lowest BCUT2D eigenvalue weighted by atomic mass is 10.0. The van der Waals surface area contributed by atoms with E-state index in [0.29, 0.717) is 0 Å². The largest absolute Gasteiger partial charge is 0.309 e. The topological polar surface area (TPSA) is 46.8 Å². The Labute approximate surface area is 115 Å². The molecule has 18 heavy (non-hydrogen) atoms. The highest BCUT2D eigenvalue weighted by molar-refractivity contribution is 9.10. The van der Waals surface area contributed by atoms with Crippen molar-refractivity contribution in [1.29, 1.82) is 0 Å². The Morgan fingerprint density at radius 3 is 2.56 bits per heavy atom. The molecule has 0 radical (unpaired) electrons. The van der Waals surface area contributed by atoms with E-state index in [1.807, 2.05) is 12.1 Å². The number of hydrogen-bond donors (Lipinski definition) is 0. The molecule has 1 aromatic carbocycles. The van der Waals surface area contributed by atoms with Gasteiger partial charge >= 0.3 is 0 Å². The molecule has 96 valence electrons. The lowest BCUT2D eigenvalue weighted by Crippen LogP contribution is -2.21. The second-order valence-electron chi connectivity index (χ2n) is 4.42. The van der Waals surface area contributed by atoms with Crippen LogP contribution in [0.3, 0.4) is 0 Å². The minimum absolute atomic E-state index is 0.128. The van der Waals surface area contributed by atoms with Gasteiger partial charge in [-0.3, -0.25) is 0 Å². The van der Waals surface area contributed by atoms with E-state index in [1.54, 1.807) is 4.80 Å². The molecule has 1 unspecified atom stereocenters. The molecule has 5 nitrogen and oxygen atoms in total. The van der Waals surface area contributed by atoms with Crippen LogP contribution in [0.1, 0.15) is 18.0 Å². The van der Waals surface area contributed by atoms with Gasteiger partial charge in [-0.1, -0.05) is 28.1 Å². The maximum Gasteiger partial charge on any atom is 0.162 e. The van der Waals surface area contributed by atoms with Gasteiger partial charge in [-0.15, -0.1) is 10.2 Å². The van der Waals surface area contributed by atoms with Crippen molar-refractivity contribution in [3.63, 3.8) is 0 Å². The van der Waals surface area contributed by atoms with Gasteiger partial charge in [-0.2, -0.15) is 4.80 Å². The van der Waals surface area contributed by atoms with Crippen molar-refractivity contribution in [3.8, 4) is 0 Å². The maximum absolute atomic E-state index is 4.16. The number of benzene rings is 1. The van der Waals surface area contributed by atoms with Crippen LogP contribution in [0, 0.1) is 0 Å². The van der Waals surface area contributed by atoms with Gasteiger partial charge in [-0.25, -0.2) is 0 Å². The van der Waals surface area contributed by atoms with Crippen LogP contribution in [0.5, 0.6) is 0 Å². The molecular formula is C12H16BrN5. The standard InChI is InChI=1S/C12H16BrN5/c1-17(2)8-7-12(18-15-9-14-16-18)10-3-5-11(13)6-4-10/h3-6,9,12H,7-8H2,1-2H3. The Morgan fingerprint density at radius 1 is 1.28 bits per heavy atom.